The molecule has 0 aliphatic carbocycles. The SMILES string of the molecule is Cl.O=C(CNC(=O)OCc1ccccc1)NCC(CCCN1CCC(c2ccccc2F)CC1)(c1ccccc1)c1ccccc1. The van der Waals surface area contributed by atoms with Crippen LogP contribution in [0.2, 0.25) is 0 Å². The third kappa shape index (κ3) is 9.41. The quantitative estimate of drug-likeness (QED) is 0.161. The summed E-state index contributed by atoms with van der Waals surface area (Å²) in [6.45, 7) is 3.14. The van der Waals surface area contributed by atoms with E-state index < -0.39 is 11.5 Å². The van der Waals surface area contributed by atoms with Crippen LogP contribution in [-0.2, 0) is 21.6 Å². The Kier molecular flexibility index (Phi) is 13.2. The smallest absolute Gasteiger partial charge is 0.407 e. The second-order valence-corrected chi connectivity index (χ2v) is 11.7. The highest BCUT2D eigenvalue weighted by Gasteiger charge is 2.35. The number of amides is 2. The Morgan fingerprint density at radius 3 is 1.96 bits per heavy atom. The number of alkyl carbamates (subject to hydrolysis) is 1. The number of nitrogens with zero attached hydrogens (tertiary/aromatic N) is 1. The largest absolute Gasteiger partial charge is 0.445 e. The number of ether oxygens (including phenoxy) is 1. The van der Waals surface area contributed by atoms with E-state index in [-0.39, 0.29) is 43.2 Å². The molecule has 2 N–H and O–H groups in total. The Morgan fingerprint density at radius 2 is 1.35 bits per heavy atom. The molecule has 0 saturated carbocycles. The molecule has 2 amide bonds. The molecule has 46 heavy (non-hydrogen) atoms. The van der Waals surface area contributed by atoms with Crippen LogP contribution in [0.25, 0.3) is 0 Å². The Balaban J connectivity index is 0.00000480. The van der Waals surface area contributed by atoms with E-state index in [1.54, 1.807) is 12.1 Å². The normalized spacial score (nSPS) is 13.8. The fourth-order valence-electron chi connectivity index (χ4n) is 6.38. The van der Waals surface area contributed by atoms with Crippen LogP contribution in [0.3, 0.4) is 0 Å². The van der Waals surface area contributed by atoms with Crippen molar-refractivity contribution >= 4 is 24.4 Å². The molecule has 0 unspecified atom stereocenters. The van der Waals surface area contributed by atoms with Crippen LogP contribution >= 0.6 is 12.4 Å². The van der Waals surface area contributed by atoms with Gasteiger partial charge in [-0.25, -0.2) is 9.18 Å². The fourth-order valence-corrected chi connectivity index (χ4v) is 6.38. The van der Waals surface area contributed by atoms with Gasteiger partial charge in [-0.15, -0.1) is 12.4 Å². The van der Waals surface area contributed by atoms with Crippen molar-refractivity contribution in [2.24, 2.45) is 0 Å². The van der Waals surface area contributed by atoms with Crippen LogP contribution in [0, 0.1) is 5.82 Å². The summed E-state index contributed by atoms with van der Waals surface area (Å²) in [7, 11) is 0. The topological polar surface area (TPSA) is 70.7 Å². The molecule has 0 aromatic heterocycles. The van der Waals surface area contributed by atoms with E-state index in [2.05, 4.69) is 39.8 Å². The minimum absolute atomic E-state index is 0. The third-order valence-electron chi connectivity index (χ3n) is 8.86. The van der Waals surface area contributed by atoms with Crippen LogP contribution in [-0.4, -0.2) is 49.6 Å². The number of halogens is 2. The lowest BCUT2D eigenvalue weighted by Crippen LogP contribution is -2.45. The molecule has 1 aliphatic heterocycles. The number of hydrogen-bond donors (Lipinski definition) is 2. The first-order valence-corrected chi connectivity index (χ1v) is 15.8. The number of likely N-dealkylation sites (tertiary alicyclic amines) is 1. The van der Waals surface area contributed by atoms with Gasteiger partial charge in [0.1, 0.15) is 12.4 Å². The van der Waals surface area contributed by atoms with E-state index in [0.717, 1.165) is 67.6 Å². The summed E-state index contributed by atoms with van der Waals surface area (Å²) in [5.74, 6) is -0.125. The van der Waals surface area contributed by atoms with Gasteiger partial charge in [0.2, 0.25) is 5.91 Å². The Labute approximate surface area is 277 Å². The molecule has 0 bridgehead atoms. The second kappa shape index (κ2) is 17.5. The van der Waals surface area contributed by atoms with Crippen molar-refractivity contribution in [3.8, 4) is 0 Å². The van der Waals surface area contributed by atoms with Gasteiger partial charge < -0.3 is 20.3 Å². The molecule has 0 atom stereocenters. The van der Waals surface area contributed by atoms with E-state index in [9.17, 15) is 14.0 Å². The summed E-state index contributed by atoms with van der Waals surface area (Å²) < 4.78 is 19.6. The minimum atomic E-state index is -0.634. The maximum Gasteiger partial charge on any atom is 0.407 e. The molecule has 4 aromatic rings. The van der Waals surface area contributed by atoms with Gasteiger partial charge in [-0.1, -0.05) is 109 Å². The van der Waals surface area contributed by atoms with E-state index in [1.165, 1.54) is 0 Å². The van der Waals surface area contributed by atoms with E-state index in [0.29, 0.717) is 6.54 Å². The van der Waals surface area contributed by atoms with Crippen molar-refractivity contribution in [2.75, 3.05) is 32.7 Å². The summed E-state index contributed by atoms with van der Waals surface area (Å²) in [4.78, 5) is 27.7. The monoisotopic (exact) mass is 643 g/mol. The maximum absolute atomic E-state index is 14.4. The van der Waals surface area contributed by atoms with Crippen molar-refractivity contribution in [3.63, 3.8) is 0 Å². The van der Waals surface area contributed by atoms with Crippen LogP contribution in [0.5, 0.6) is 0 Å². The van der Waals surface area contributed by atoms with Crippen LogP contribution < -0.4 is 10.6 Å². The van der Waals surface area contributed by atoms with Crippen molar-refractivity contribution in [2.45, 2.75) is 43.6 Å². The zero-order chi connectivity index (χ0) is 31.3. The molecule has 6 nitrogen and oxygen atoms in total. The van der Waals surface area contributed by atoms with Crippen LogP contribution in [0.15, 0.2) is 115 Å². The zero-order valence-electron chi connectivity index (χ0n) is 26.1. The molecule has 1 saturated heterocycles. The van der Waals surface area contributed by atoms with Gasteiger partial charge in [0.15, 0.2) is 0 Å². The number of carbonyl (C=O) groups is 2. The number of piperidine rings is 1. The van der Waals surface area contributed by atoms with Gasteiger partial charge in [0, 0.05) is 12.0 Å². The average molecular weight is 644 g/mol. The molecule has 242 valence electrons. The lowest BCUT2D eigenvalue weighted by Gasteiger charge is -2.37. The zero-order valence-corrected chi connectivity index (χ0v) is 26.9. The van der Waals surface area contributed by atoms with Gasteiger partial charge in [-0.2, -0.15) is 0 Å². The number of rotatable bonds is 13. The first kappa shape index (κ1) is 34.7. The van der Waals surface area contributed by atoms with E-state index in [4.69, 9.17) is 4.74 Å². The van der Waals surface area contributed by atoms with E-state index in [1.807, 2.05) is 78.9 Å². The Morgan fingerprint density at radius 1 is 0.783 bits per heavy atom. The lowest BCUT2D eigenvalue weighted by atomic mass is 9.71. The molecule has 1 aliphatic rings. The number of nitrogens with one attached hydrogen (secondary N) is 2. The molecule has 5 rings (SSSR count). The number of benzene rings is 4. The summed E-state index contributed by atoms with van der Waals surface area (Å²) in [5.41, 5.74) is 3.51. The average Bonchev–Trinajstić information content (AvgIpc) is 3.10. The molecule has 8 heteroatoms. The standard InChI is InChI=1S/C38H42FN3O3.ClH/c39-35-20-11-10-19-34(35)31-21-25-42(26-22-31)24-12-23-38(32-15-6-2-7-16-32,33-17-8-3-9-18-33)29-41-36(43)27-40-37(44)45-28-30-13-4-1-5-14-30;/h1-11,13-20,31H,12,21-29H2,(H,40,44)(H,41,43);1H. The summed E-state index contributed by atoms with van der Waals surface area (Å²) in [5, 5.41) is 5.68. The summed E-state index contributed by atoms with van der Waals surface area (Å²) >= 11 is 0. The number of carbonyl (C=O) groups excluding carboxylic acids is 2. The van der Waals surface area contributed by atoms with Gasteiger partial charge in [-0.3, -0.25) is 4.79 Å². The minimum Gasteiger partial charge on any atom is -0.445 e. The predicted molar refractivity (Wildman–Crippen MR) is 183 cm³/mol. The number of hydrogen-bond acceptors (Lipinski definition) is 4. The Bertz CT molecular complexity index is 1460. The fraction of sp³-hybridized carbons (Fsp3) is 0.316. The van der Waals surface area contributed by atoms with Gasteiger partial charge in [0.05, 0.1) is 6.54 Å². The second-order valence-electron chi connectivity index (χ2n) is 11.7. The van der Waals surface area contributed by atoms with Crippen molar-refractivity contribution in [3.05, 3.63) is 143 Å². The molecule has 0 radical (unpaired) electrons. The van der Waals surface area contributed by atoms with Crippen molar-refractivity contribution < 1.29 is 18.7 Å². The molecule has 1 fully saturated rings. The Hall–Kier alpha value is -4.20. The first-order valence-electron chi connectivity index (χ1n) is 15.8. The molecule has 4 aromatic carbocycles. The highest BCUT2D eigenvalue weighted by Crippen LogP contribution is 2.37. The lowest BCUT2D eigenvalue weighted by molar-refractivity contribution is -0.120. The molecular formula is C38H43ClFN3O3. The highest BCUT2D eigenvalue weighted by molar-refractivity contribution is 5.85. The molecule has 0 spiro atoms. The maximum atomic E-state index is 14.4. The molecular weight excluding hydrogens is 601 g/mol. The van der Waals surface area contributed by atoms with Crippen molar-refractivity contribution in [1.82, 2.24) is 15.5 Å². The van der Waals surface area contributed by atoms with Gasteiger partial charge in [0.25, 0.3) is 0 Å². The third-order valence-corrected chi connectivity index (χ3v) is 8.86. The molecule has 1 heterocycles. The van der Waals surface area contributed by atoms with Crippen LogP contribution in [0.1, 0.15) is 53.9 Å². The highest BCUT2D eigenvalue weighted by atomic mass is 35.5. The first-order chi connectivity index (χ1) is 22.0. The van der Waals surface area contributed by atoms with Crippen molar-refractivity contribution in [1.29, 1.82) is 0 Å². The van der Waals surface area contributed by atoms with E-state index >= 15 is 0 Å². The van der Waals surface area contributed by atoms with Gasteiger partial charge >= 0.3 is 6.09 Å². The summed E-state index contributed by atoms with van der Waals surface area (Å²) in [6, 6.07) is 37.2. The predicted octanol–water partition coefficient (Wildman–Crippen LogP) is 7.24. The van der Waals surface area contributed by atoms with Gasteiger partial charge in [-0.05, 0) is 79.6 Å². The summed E-state index contributed by atoms with van der Waals surface area (Å²) in [6.07, 6.45) is 3.00. The van der Waals surface area contributed by atoms with Crippen LogP contribution in [0.4, 0.5) is 9.18 Å².